The van der Waals surface area contributed by atoms with E-state index in [9.17, 15) is 13.2 Å². The van der Waals surface area contributed by atoms with Crippen molar-refractivity contribution in [2.24, 2.45) is 5.14 Å². The van der Waals surface area contributed by atoms with E-state index in [1.54, 1.807) is 24.6 Å². The maximum absolute atomic E-state index is 11.9. The number of carbonyl (C=O) groups excluding carboxylic acids is 1. The first-order chi connectivity index (χ1) is 9.38. The third kappa shape index (κ3) is 3.41. The molecule has 8 heteroatoms. The number of sulfonamides is 1. The summed E-state index contributed by atoms with van der Waals surface area (Å²) in [4.78, 5) is 16.5. The number of aromatic nitrogens is 1. The van der Waals surface area contributed by atoms with Crippen LogP contribution in [-0.4, -0.2) is 19.3 Å². The van der Waals surface area contributed by atoms with E-state index in [0.717, 1.165) is 0 Å². The number of carbonyl (C=O) groups is 1. The Balaban J connectivity index is 2.09. The van der Waals surface area contributed by atoms with Crippen molar-refractivity contribution in [2.45, 2.75) is 18.4 Å². The summed E-state index contributed by atoms with van der Waals surface area (Å²) in [6, 6.07) is 6.15. The van der Waals surface area contributed by atoms with E-state index in [4.69, 9.17) is 5.14 Å². The molecule has 0 radical (unpaired) electrons. The number of rotatable bonds is 4. The smallest absolute Gasteiger partial charge is 0.263 e. The maximum Gasteiger partial charge on any atom is 0.263 e. The molecule has 1 aromatic heterocycles. The number of amides is 1. The summed E-state index contributed by atoms with van der Waals surface area (Å²) in [5, 5.41) is 7.77. The molecule has 1 heterocycles. The molecule has 0 aliphatic rings. The van der Waals surface area contributed by atoms with Crippen molar-refractivity contribution in [3.63, 3.8) is 0 Å². The Labute approximate surface area is 120 Å². The van der Waals surface area contributed by atoms with Crippen LogP contribution in [0.3, 0.4) is 0 Å². The summed E-state index contributed by atoms with van der Waals surface area (Å²) >= 11 is 1.26. The molecule has 1 aromatic carbocycles. The molecule has 0 unspecified atom stereocenters. The largest absolute Gasteiger partial charge is 0.347 e. The molecular formula is C12H13N3O3S2. The highest BCUT2D eigenvalue weighted by atomic mass is 32.2. The minimum atomic E-state index is -3.73. The third-order valence-electron chi connectivity index (χ3n) is 2.63. The summed E-state index contributed by atoms with van der Waals surface area (Å²) in [6.07, 6.45) is 0. The second kappa shape index (κ2) is 5.70. The third-order valence-corrected chi connectivity index (χ3v) is 4.47. The minimum absolute atomic E-state index is 0.0261. The van der Waals surface area contributed by atoms with Crippen LogP contribution in [0.15, 0.2) is 34.7 Å². The van der Waals surface area contributed by atoms with Crippen LogP contribution in [0.1, 0.15) is 20.9 Å². The second-order valence-electron chi connectivity index (χ2n) is 4.14. The molecule has 6 nitrogen and oxygen atoms in total. The monoisotopic (exact) mass is 311 g/mol. The summed E-state index contributed by atoms with van der Waals surface area (Å²) < 4.78 is 22.5. The molecular weight excluding hydrogens is 298 g/mol. The first-order valence-electron chi connectivity index (χ1n) is 5.68. The van der Waals surface area contributed by atoms with Gasteiger partial charge in [0.15, 0.2) is 0 Å². The van der Waals surface area contributed by atoms with E-state index in [2.05, 4.69) is 10.3 Å². The number of benzene rings is 1. The predicted octanol–water partition coefficient (Wildman–Crippen LogP) is 1.03. The van der Waals surface area contributed by atoms with Gasteiger partial charge in [0.2, 0.25) is 10.0 Å². The van der Waals surface area contributed by atoms with Crippen molar-refractivity contribution in [1.82, 2.24) is 10.3 Å². The number of aryl methyl sites for hydroxylation is 1. The van der Waals surface area contributed by atoms with Gasteiger partial charge in [-0.25, -0.2) is 18.5 Å². The Morgan fingerprint density at radius 2 is 2.20 bits per heavy atom. The molecule has 1 amide bonds. The van der Waals surface area contributed by atoms with Gasteiger partial charge in [0, 0.05) is 6.54 Å². The molecule has 0 bridgehead atoms. The average molecular weight is 311 g/mol. The Bertz CT molecular complexity index is 738. The number of hydrogen-bond donors (Lipinski definition) is 2. The quantitative estimate of drug-likeness (QED) is 0.880. The van der Waals surface area contributed by atoms with E-state index in [1.807, 2.05) is 0 Å². The van der Waals surface area contributed by atoms with Crippen molar-refractivity contribution in [3.05, 3.63) is 45.9 Å². The molecule has 0 fully saturated rings. The highest BCUT2D eigenvalue weighted by Gasteiger charge is 2.12. The minimum Gasteiger partial charge on any atom is -0.347 e. The van der Waals surface area contributed by atoms with Crippen LogP contribution in [0, 0.1) is 6.92 Å². The number of primary sulfonamides is 1. The van der Waals surface area contributed by atoms with Gasteiger partial charge in [-0.05, 0) is 24.6 Å². The van der Waals surface area contributed by atoms with Gasteiger partial charge in [-0.3, -0.25) is 4.79 Å². The highest BCUT2D eigenvalue weighted by Crippen LogP contribution is 2.13. The van der Waals surface area contributed by atoms with Crippen LogP contribution < -0.4 is 10.5 Å². The van der Waals surface area contributed by atoms with Crippen molar-refractivity contribution >= 4 is 27.3 Å². The van der Waals surface area contributed by atoms with E-state index in [1.165, 1.54) is 23.5 Å². The van der Waals surface area contributed by atoms with Crippen molar-refractivity contribution < 1.29 is 13.2 Å². The SMILES string of the molecule is Cc1ncsc1C(=O)NCc1cccc(S(N)(=O)=O)c1. The topological polar surface area (TPSA) is 102 Å². The normalized spacial score (nSPS) is 11.3. The van der Waals surface area contributed by atoms with Crippen molar-refractivity contribution in [3.8, 4) is 0 Å². The second-order valence-corrected chi connectivity index (χ2v) is 6.56. The molecule has 2 rings (SSSR count). The van der Waals surface area contributed by atoms with Gasteiger partial charge in [0.05, 0.1) is 16.1 Å². The standard InChI is InChI=1S/C12H13N3O3S2/c1-8-11(19-7-15-8)12(16)14-6-9-3-2-4-10(5-9)20(13,17)18/h2-5,7H,6H2,1H3,(H,14,16)(H2,13,17,18). The fourth-order valence-electron chi connectivity index (χ4n) is 1.61. The van der Waals surface area contributed by atoms with Gasteiger partial charge < -0.3 is 5.32 Å². The van der Waals surface area contributed by atoms with E-state index >= 15 is 0 Å². The van der Waals surface area contributed by atoms with Gasteiger partial charge in [-0.2, -0.15) is 0 Å². The van der Waals surface area contributed by atoms with Crippen LogP contribution in [-0.2, 0) is 16.6 Å². The fraction of sp³-hybridized carbons (Fsp3) is 0.167. The molecule has 0 atom stereocenters. The van der Waals surface area contributed by atoms with E-state index in [0.29, 0.717) is 16.1 Å². The van der Waals surface area contributed by atoms with Crippen LogP contribution in [0.4, 0.5) is 0 Å². The fourth-order valence-corrected chi connectivity index (χ4v) is 2.92. The molecule has 0 saturated carbocycles. The lowest BCUT2D eigenvalue weighted by atomic mass is 10.2. The molecule has 20 heavy (non-hydrogen) atoms. The molecule has 0 spiro atoms. The molecule has 0 aliphatic heterocycles. The number of nitrogens with one attached hydrogen (secondary N) is 1. The summed E-state index contributed by atoms with van der Waals surface area (Å²) in [6.45, 7) is 1.98. The zero-order valence-corrected chi connectivity index (χ0v) is 12.3. The first kappa shape index (κ1) is 14.6. The van der Waals surface area contributed by atoms with Crippen LogP contribution in [0.25, 0.3) is 0 Å². The molecule has 2 aromatic rings. The highest BCUT2D eigenvalue weighted by molar-refractivity contribution is 7.89. The molecule has 3 N–H and O–H groups in total. The van der Waals surface area contributed by atoms with Gasteiger partial charge in [0.1, 0.15) is 4.88 Å². The number of thiazole rings is 1. The average Bonchev–Trinajstić information content (AvgIpc) is 2.82. The van der Waals surface area contributed by atoms with E-state index < -0.39 is 10.0 Å². The molecule has 106 valence electrons. The lowest BCUT2D eigenvalue weighted by molar-refractivity contribution is 0.0954. The lowest BCUT2D eigenvalue weighted by Crippen LogP contribution is -2.23. The van der Waals surface area contributed by atoms with Crippen molar-refractivity contribution in [1.29, 1.82) is 0 Å². The van der Waals surface area contributed by atoms with E-state index in [-0.39, 0.29) is 17.3 Å². The first-order valence-corrected chi connectivity index (χ1v) is 8.10. The zero-order chi connectivity index (χ0) is 14.8. The lowest BCUT2D eigenvalue weighted by Gasteiger charge is -2.06. The molecule has 0 aliphatic carbocycles. The maximum atomic E-state index is 11.9. The van der Waals surface area contributed by atoms with Crippen LogP contribution in [0.5, 0.6) is 0 Å². The zero-order valence-electron chi connectivity index (χ0n) is 10.7. The van der Waals surface area contributed by atoms with Gasteiger partial charge in [-0.15, -0.1) is 11.3 Å². The number of hydrogen-bond acceptors (Lipinski definition) is 5. The van der Waals surface area contributed by atoms with Crippen LogP contribution >= 0.6 is 11.3 Å². The molecule has 0 saturated heterocycles. The Morgan fingerprint density at radius 1 is 1.45 bits per heavy atom. The Hall–Kier alpha value is -1.77. The van der Waals surface area contributed by atoms with Gasteiger partial charge in [-0.1, -0.05) is 12.1 Å². The van der Waals surface area contributed by atoms with Crippen LogP contribution in [0.2, 0.25) is 0 Å². The number of nitrogens with two attached hydrogens (primary N) is 1. The Morgan fingerprint density at radius 3 is 2.80 bits per heavy atom. The van der Waals surface area contributed by atoms with Gasteiger partial charge >= 0.3 is 0 Å². The summed E-state index contributed by atoms with van der Waals surface area (Å²) in [7, 11) is -3.73. The summed E-state index contributed by atoms with van der Waals surface area (Å²) in [5.74, 6) is -0.231. The Kier molecular flexibility index (Phi) is 4.17. The summed E-state index contributed by atoms with van der Waals surface area (Å²) in [5.41, 5.74) is 2.93. The van der Waals surface area contributed by atoms with Gasteiger partial charge in [0.25, 0.3) is 5.91 Å². The number of nitrogens with zero attached hydrogens (tertiary/aromatic N) is 1. The van der Waals surface area contributed by atoms with Crippen molar-refractivity contribution in [2.75, 3.05) is 0 Å². The predicted molar refractivity (Wildman–Crippen MR) is 75.8 cm³/mol.